The Morgan fingerprint density at radius 2 is 1.39 bits per heavy atom. The minimum absolute atomic E-state index is 0.0528. The molecule has 0 aliphatic carbocycles. The standard InChI is InChI=1S/C29H31N3O4/c1-30-27(20-8-12-22(35-2)13-9-20)26(24-6-4-5-7-25(24)28(30)33)29(34)32-18-16-31(17-19-32)21-10-14-23(36-3)15-11-21/h4-15,26-27H,16-19H2,1-3H3/t26-,27-/m1/s1. The number of amides is 2. The highest BCUT2D eigenvalue weighted by Crippen LogP contribution is 2.43. The Kier molecular flexibility index (Phi) is 6.55. The van der Waals surface area contributed by atoms with Crippen molar-refractivity contribution in [2.45, 2.75) is 12.0 Å². The number of carbonyl (C=O) groups excluding carboxylic acids is 2. The van der Waals surface area contributed by atoms with Crippen LogP contribution in [0, 0.1) is 0 Å². The third-order valence-electron chi connectivity index (χ3n) is 7.33. The summed E-state index contributed by atoms with van der Waals surface area (Å²) in [5, 5.41) is 0. The molecular weight excluding hydrogens is 454 g/mol. The molecule has 2 amide bonds. The van der Waals surface area contributed by atoms with Crippen molar-refractivity contribution in [1.82, 2.24) is 9.80 Å². The molecule has 186 valence electrons. The Morgan fingerprint density at radius 1 is 0.806 bits per heavy atom. The SMILES string of the molecule is COc1ccc([C@@H]2[C@H](C(=O)N3CCN(c4ccc(OC)cc4)CC3)c3ccccc3C(=O)N2C)cc1. The molecule has 0 unspecified atom stereocenters. The predicted octanol–water partition coefficient (Wildman–Crippen LogP) is 3.96. The van der Waals surface area contributed by atoms with Crippen LogP contribution >= 0.6 is 0 Å². The fraction of sp³-hybridized carbons (Fsp3) is 0.310. The van der Waals surface area contributed by atoms with Crippen LogP contribution in [0.4, 0.5) is 5.69 Å². The Hall–Kier alpha value is -4.00. The third kappa shape index (κ3) is 4.26. The summed E-state index contributed by atoms with van der Waals surface area (Å²) in [5.41, 5.74) is 3.42. The summed E-state index contributed by atoms with van der Waals surface area (Å²) in [7, 11) is 5.07. The average molecular weight is 486 g/mol. The van der Waals surface area contributed by atoms with Crippen LogP contribution in [-0.2, 0) is 4.79 Å². The molecule has 0 spiro atoms. The molecular formula is C29H31N3O4. The third-order valence-corrected chi connectivity index (χ3v) is 7.33. The molecule has 2 aliphatic rings. The minimum atomic E-state index is -0.482. The molecule has 2 heterocycles. The number of rotatable bonds is 5. The number of nitrogens with zero attached hydrogens (tertiary/aromatic N) is 3. The van der Waals surface area contributed by atoms with Gasteiger partial charge >= 0.3 is 0 Å². The molecule has 36 heavy (non-hydrogen) atoms. The zero-order valence-electron chi connectivity index (χ0n) is 20.9. The van der Waals surface area contributed by atoms with Crippen LogP contribution in [0.1, 0.15) is 33.4 Å². The van der Waals surface area contributed by atoms with Gasteiger partial charge in [0.15, 0.2) is 0 Å². The first-order valence-corrected chi connectivity index (χ1v) is 12.2. The first kappa shape index (κ1) is 23.7. The van der Waals surface area contributed by atoms with E-state index in [-0.39, 0.29) is 11.8 Å². The summed E-state index contributed by atoms with van der Waals surface area (Å²) in [6, 6.07) is 22.8. The number of carbonyl (C=O) groups is 2. The number of anilines is 1. The summed E-state index contributed by atoms with van der Waals surface area (Å²) >= 11 is 0. The molecule has 5 rings (SSSR count). The fourth-order valence-electron chi connectivity index (χ4n) is 5.33. The zero-order chi connectivity index (χ0) is 25.2. The molecule has 0 bridgehead atoms. The van der Waals surface area contributed by atoms with E-state index in [4.69, 9.17) is 9.47 Å². The number of methoxy groups -OCH3 is 2. The number of hydrogen-bond acceptors (Lipinski definition) is 5. The summed E-state index contributed by atoms with van der Waals surface area (Å²) < 4.78 is 10.6. The molecule has 2 atom stereocenters. The quantitative estimate of drug-likeness (QED) is 0.548. The van der Waals surface area contributed by atoms with Gasteiger partial charge in [0.05, 0.1) is 26.2 Å². The average Bonchev–Trinajstić information content (AvgIpc) is 2.94. The normalized spacial score (nSPS) is 19.6. The highest BCUT2D eigenvalue weighted by Gasteiger charge is 2.44. The molecule has 7 heteroatoms. The summed E-state index contributed by atoms with van der Waals surface area (Å²) in [6.07, 6.45) is 0. The van der Waals surface area contributed by atoms with Crippen molar-refractivity contribution in [1.29, 1.82) is 0 Å². The number of fused-ring (bicyclic) bond motifs is 1. The smallest absolute Gasteiger partial charge is 0.254 e. The van der Waals surface area contributed by atoms with Gasteiger partial charge in [0.1, 0.15) is 11.5 Å². The number of piperazine rings is 1. The number of ether oxygens (including phenoxy) is 2. The van der Waals surface area contributed by atoms with Gasteiger partial charge in [0, 0.05) is 44.5 Å². The lowest BCUT2D eigenvalue weighted by atomic mass is 9.79. The maximum Gasteiger partial charge on any atom is 0.254 e. The van der Waals surface area contributed by atoms with Gasteiger partial charge in [-0.05, 0) is 53.6 Å². The van der Waals surface area contributed by atoms with Gasteiger partial charge in [-0.15, -0.1) is 0 Å². The van der Waals surface area contributed by atoms with Gasteiger partial charge in [-0.2, -0.15) is 0 Å². The van der Waals surface area contributed by atoms with Crippen molar-refractivity contribution in [3.63, 3.8) is 0 Å². The van der Waals surface area contributed by atoms with E-state index in [1.807, 2.05) is 77.7 Å². The van der Waals surface area contributed by atoms with E-state index in [1.54, 1.807) is 26.2 Å². The maximum atomic E-state index is 14.1. The van der Waals surface area contributed by atoms with Gasteiger partial charge in [-0.25, -0.2) is 0 Å². The zero-order valence-corrected chi connectivity index (χ0v) is 20.9. The molecule has 2 aliphatic heterocycles. The van der Waals surface area contributed by atoms with Gasteiger partial charge in [0.2, 0.25) is 5.91 Å². The monoisotopic (exact) mass is 485 g/mol. The summed E-state index contributed by atoms with van der Waals surface area (Å²) in [4.78, 5) is 33.3. The lowest BCUT2D eigenvalue weighted by Gasteiger charge is -2.43. The van der Waals surface area contributed by atoms with E-state index in [0.29, 0.717) is 18.7 Å². The molecule has 0 N–H and O–H groups in total. The summed E-state index contributed by atoms with van der Waals surface area (Å²) in [6.45, 7) is 2.73. The Labute approximate surface area is 211 Å². The molecule has 7 nitrogen and oxygen atoms in total. The van der Waals surface area contributed by atoms with E-state index in [2.05, 4.69) is 4.90 Å². The number of hydrogen-bond donors (Lipinski definition) is 0. The Balaban J connectivity index is 1.42. The van der Waals surface area contributed by atoms with Gasteiger partial charge in [0.25, 0.3) is 5.91 Å². The lowest BCUT2D eigenvalue weighted by Crippen LogP contribution is -2.53. The van der Waals surface area contributed by atoms with E-state index in [1.165, 1.54) is 0 Å². The molecule has 1 fully saturated rings. The van der Waals surface area contributed by atoms with Crippen LogP contribution in [0.5, 0.6) is 11.5 Å². The largest absolute Gasteiger partial charge is 0.497 e. The topological polar surface area (TPSA) is 62.3 Å². The molecule has 1 saturated heterocycles. The van der Waals surface area contributed by atoms with Crippen LogP contribution in [-0.4, -0.2) is 69.1 Å². The van der Waals surface area contributed by atoms with Crippen LogP contribution in [0.25, 0.3) is 0 Å². The second-order valence-electron chi connectivity index (χ2n) is 9.21. The van der Waals surface area contributed by atoms with Crippen molar-refractivity contribution in [2.24, 2.45) is 0 Å². The van der Waals surface area contributed by atoms with Crippen LogP contribution < -0.4 is 14.4 Å². The van der Waals surface area contributed by atoms with Gasteiger partial charge in [-0.3, -0.25) is 9.59 Å². The molecule has 0 radical (unpaired) electrons. The highest BCUT2D eigenvalue weighted by atomic mass is 16.5. The first-order chi connectivity index (χ1) is 17.5. The van der Waals surface area contributed by atoms with Crippen LogP contribution in [0.3, 0.4) is 0 Å². The second-order valence-corrected chi connectivity index (χ2v) is 9.21. The van der Waals surface area contributed by atoms with Gasteiger partial charge < -0.3 is 24.2 Å². The van der Waals surface area contributed by atoms with Crippen LogP contribution in [0.2, 0.25) is 0 Å². The molecule has 3 aromatic carbocycles. The Morgan fingerprint density at radius 3 is 2.00 bits per heavy atom. The summed E-state index contributed by atoms with van der Waals surface area (Å²) in [5.74, 6) is 1.06. The van der Waals surface area contributed by atoms with E-state index in [0.717, 1.165) is 41.4 Å². The fourth-order valence-corrected chi connectivity index (χ4v) is 5.33. The van der Waals surface area contributed by atoms with Crippen LogP contribution in [0.15, 0.2) is 72.8 Å². The highest BCUT2D eigenvalue weighted by molar-refractivity contribution is 6.01. The van der Waals surface area contributed by atoms with E-state index < -0.39 is 12.0 Å². The number of likely N-dealkylation sites (N-methyl/N-ethyl adjacent to an activating group) is 1. The van der Waals surface area contributed by atoms with E-state index >= 15 is 0 Å². The van der Waals surface area contributed by atoms with Crippen molar-refractivity contribution in [3.8, 4) is 11.5 Å². The van der Waals surface area contributed by atoms with Crippen molar-refractivity contribution < 1.29 is 19.1 Å². The predicted molar refractivity (Wildman–Crippen MR) is 139 cm³/mol. The second kappa shape index (κ2) is 9.93. The van der Waals surface area contributed by atoms with Crippen molar-refractivity contribution in [3.05, 3.63) is 89.5 Å². The number of benzene rings is 3. The molecule has 0 saturated carbocycles. The molecule has 3 aromatic rings. The van der Waals surface area contributed by atoms with Gasteiger partial charge in [-0.1, -0.05) is 30.3 Å². The molecule has 0 aromatic heterocycles. The van der Waals surface area contributed by atoms with Crippen molar-refractivity contribution >= 4 is 17.5 Å². The minimum Gasteiger partial charge on any atom is -0.497 e. The first-order valence-electron chi connectivity index (χ1n) is 12.2. The lowest BCUT2D eigenvalue weighted by molar-refractivity contribution is -0.134. The van der Waals surface area contributed by atoms with E-state index in [9.17, 15) is 9.59 Å². The maximum absolute atomic E-state index is 14.1. The Bertz CT molecular complexity index is 1230. The van der Waals surface area contributed by atoms with Crippen molar-refractivity contribution in [2.75, 3.05) is 52.3 Å².